The molecule has 2 heteroatoms. The van der Waals surface area contributed by atoms with Gasteiger partial charge in [-0.1, -0.05) is 32.0 Å². The average molecular weight is 203 g/mol. The molecule has 2 rings (SSSR count). The summed E-state index contributed by atoms with van der Waals surface area (Å²) in [6.07, 6.45) is 1.16. The second kappa shape index (κ2) is 4.67. The van der Waals surface area contributed by atoms with E-state index < -0.39 is 0 Å². The smallest absolute Gasteiger partial charge is 0.219 e. The van der Waals surface area contributed by atoms with Crippen LogP contribution in [0.3, 0.4) is 0 Å². The van der Waals surface area contributed by atoms with Crippen molar-refractivity contribution in [1.29, 1.82) is 0 Å². The molecule has 1 heterocycles. The first kappa shape index (κ1) is 10.5. The van der Waals surface area contributed by atoms with Gasteiger partial charge in [0.2, 0.25) is 6.61 Å². The van der Waals surface area contributed by atoms with Crippen molar-refractivity contribution in [3.8, 4) is 5.75 Å². The predicted molar refractivity (Wildman–Crippen MR) is 60.6 cm³/mol. The maximum atomic E-state index is 5.45. The SMILES string of the molecule is CCCN(CC)C1[C]Oc2ccccc21. The number of hydrogen-bond acceptors (Lipinski definition) is 2. The molecule has 1 aromatic carbocycles. The zero-order valence-corrected chi connectivity index (χ0v) is 9.36. The fraction of sp³-hybridized carbons (Fsp3) is 0.462. The Bertz CT molecular complexity index is 324. The van der Waals surface area contributed by atoms with Gasteiger partial charge in [0.15, 0.2) is 0 Å². The molecule has 0 fully saturated rings. The van der Waals surface area contributed by atoms with Crippen LogP contribution in [0.15, 0.2) is 24.3 Å². The lowest BCUT2D eigenvalue weighted by Crippen LogP contribution is -2.28. The average Bonchev–Trinajstić information content (AvgIpc) is 2.70. The molecule has 0 aromatic heterocycles. The number of para-hydroxylation sites is 1. The van der Waals surface area contributed by atoms with E-state index in [9.17, 15) is 0 Å². The minimum atomic E-state index is 0.214. The van der Waals surface area contributed by atoms with E-state index in [1.807, 2.05) is 12.1 Å². The first-order valence-electron chi connectivity index (χ1n) is 5.62. The normalized spacial score (nSPS) is 19.0. The van der Waals surface area contributed by atoms with Crippen molar-refractivity contribution in [3.63, 3.8) is 0 Å². The van der Waals surface area contributed by atoms with E-state index in [0.717, 1.165) is 25.3 Å². The third kappa shape index (κ3) is 2.00. The van der Waals surface area contributed by atoms with Gasteiger partial charge in [-0.15, -0.1) is 0 Å². The Morgan fingerprint density at radius 2 is 2.13 bits per heavy atom. The van der Waals surface area contributed by atoms with Crippen LogP contribution in [0.1, 0.15) is 31.9 Å². The van der Waals surface area contributed by atoms with Crippen LogP contribution in [0, 0.1) is 6.61 Å². The van der Waals surface area contributed by atoms with E-state index in [-0.39, 0.29) is 6.04 Å². The molecule has 1 aliphatic heterocycles. The highest BCUT2D eigenvalue weighted by Gasteiger charge is 2.29. The Morgan fingerprint density at radius 1 is 1.33 bits per heavy atom. The first-order chi connectivity index (χ1) is 7.36. The van der Waals surface area contributed by atoms with Crippen LogP contribution >= 0.6 is 0 Å². The predicted octanol–water partition coefficient (Wildman–Crippen LogP) is 2.89. The molecule has 80 valence electrons. The third-order valence-electron chi connectivity index (χ3n) is 2.78. The van der Waals surface area contributed by atoms with E-state index in [1.54, 1.807) is 0 Å². The Labute approximate surface area is 91.9 Å². The zero-order valence-electron chi connectivity index (χ0n) is 9.36. The molecule has 0 aliphatic carbocycles. The molecule has 0 N–H and O–H groups in total. The molecule has 1 aromatic rings. The van der Waals surface area contributed by atoms with Gasteiger partial charge in [0.05, 0.1) is 6.04 Å². The van der Waals surface area contributed by atoms with Crippen molar-refractivity contribution in [2.45, 2.75) is 26.3 Å². The topological polar surface area (TPSA) is 12.5 Å². The van der Waals surface area contributed by atoms with Crippen LogP contribution in [0.25, 0.3) is 0 Å². The van der Waals surface area contributed by atoms with Gasteiger partial charge in [-0.25, -0.2) is 0 Å². The highest BCUT2D eigenvalue weighted by molar-refractivity contribution is 5.41. The molecule has 0 amide bonds. The monoisotopic (exact) mass is 203 g/mol. The summed E-state index contributed by atoms with van der Waals surface area (Å²) in [4.78, 5) is 2.38. The summed E-state index contributed by atoms with van der Waals surface area (Å²) < 4.78 is 5.45. The molecule has 0 spiro atoms. The molecule has 2 nitrogen and oxygen atoms in total. The van der Waals surface area contributed by atoms with Crippen molar-refractivity contribution < 1.29 is 4.74 Å². The second-order valence-electron chi connectivity index (χ2n) is 3.79. The van der Waals surface area contributed by atoms with Crippen molar-refractivity contribution in [1.82, 2.24) is 4.90 Å². The lowest BCUT2D eigenvalue weighted by molar-refractivity contribution is 0.208. The number of nitrogens with zero attached hydrogens (tertiary/aromatic N) is 1. The summed E-state index contributed by atoms with van der Waals surface area (Å²) >= 11 is 0. The summed E-state index contributed by atoms with van der Waals surface area (Å²) in [6.45, 7) is 9.58. The molecule has 0 saturated heterocycles. The Balaban J connectivity index is 2.18. The van der Waals surface area contributed by atoms with Gasteiger partial charge in [-0.2, -0.15) is 0 Å². The van der Waals surface area contributed by atoms with Crippen LogP contribution in [0.5, 0.6) is 5.75 Å². The van der Waals surface area contributed by atoms with Gasteiger partial charge >= 0.3 is 0 Å². The minimum absolute atomic E-state index is 0.214. The van der Waals surface area contributed by atoms with Gasteiger partial charge in [-0.05, 0) is 25.6 Å². The fourth-order valence-electron chi connectivity index (χ4n) is 2.01. The maximum Gasteiger partial charge on any atom is 0.219 e. The zero-order chi connectivity index (χ0) is 10.7. The van der Waals surface area contributed by atoms with Crippen LogP contribution in [0.4, 0.5) is 0 Å². The van der Waals surface area contributed by atoms with Gasteiger partial charge in [0.25, 0.3) is 0 Å². The second-order valence-corrected chi connectivity index (χ2v) is 3.79. The number of fused-ring (bicyclic) bond motifs is 1. The highest BCUT2D eigenvalue weighted by Crippen LogP contribution is 2.37. The molecule has 1 unspecified atom stereocenters. The summed E-state index contributed by atoms with van der Waals surface area (Å²) in [5, 5.41) is 0. The van der Waals surface area contributed by atoms with E-state index >= 15 is 0 Å². The summed E-state index contributed by atoms with van der Waals surface area (Å²) in [5.41, 5.74) is 1.24. The summed E-state index contributed by atoms with van der Waals surface area (Å²) in [6, 6.07) is 8.40. The van der Waals surface area contributed by atoms with Crippen molar-refractivity contribution >= 4 is 0 Å². The summed E-state index contributed by atoms with van der Waals surface area (Å²) in [7, 11) is 0. The van der Waals surface area contributed by atoms with Gasteiger partial charge in [0, 0.05) is 5.56 Å². The number of likely N-dealkylation sites (N-methyl/N-ethyl adjacent to an activating group) is 1. The molecular formula is C13H17NO. The third-order valence-corrected chi connectivity index (χ3v) is 2.78. The van der Waals surface area contributed by atoms with Crippen molar-refractivity contribution in [3.05, 3.63) is 36.4 Å². The number of ether oxygens (including phenoxy) is 1. The van der Waals surface area contributed by atoms with Gasteiger partial charge < -0.3 is 4.74 Å². The number of benzene rings is 1. The van der Waals surface area contributed by atoms with Crippen molar-refractivity contribution in [2.75, 3.05) is 13.1 Å². The maximum absolute atomic E-state index is 5.45. The number of hydrogen-bond donors (Lipinski definition) is 0. The Kier molecular flexibility index (Phi) is 3.27. The molecule has 2 radical (unpaired) electrons. The largest absolute Gasteiger partial charge is 0.476 e. The Hall–Kier alpha value is -1.02. The minimum Gasteiger partial charge on any atom is -0.476 e. The van der Waals surface area contributed by atoms with Crippen LogP contribution in [-0.2, 0) is 0 Å². The van der Waals surface area contributed by atoms with Crippen LogP contribution in [-0.4, -0.2) is 18.0 Å². The van der Waals surface area contributed by atoms with Crippen molar-refractivity contribution in [2.24, 2.45) is 0 Å². The summed E-state index contributed by atoms with van der Waals surface area (Å²) in [5.74, 6) is 0.956. The molecule has 0 saturated carbocycles. The Morgan fingerprint density at radius 3 is 2.87 bits per heavy atom. The van der Waals surface area contributed by atoms with E-state index in [4.69, 9.17) is 4.74 Å². The lowest BCUT2D eigenvalue weighted by Gasteiger charge is -2.25. The molecule has 15 heavy (non-hydrogen) atoms. The molecule has 0 bridgehead atoms. The highest BCUT2D eigenvalue weighted by atomic mass is 16.5. The van der Waals surface area contributed by atoms with E-state index in [1.165, 1.54) is 5.56 Å². The quantitative estimate of drug-likeness (QED) is 0.746. The van der Waals surface area contributed by atoms with Gasteiger partial charge in [-0.3, -0.25) is 4.90 Å². The van der Waals surface area contributed by atoms with E-state index in [0.29, 0.717) is 0 Å². The van der Waals surface area contributed by atoms with E-state index in [2.05, 4.69) is 37.5 Å². The van der Waals surface area contributed by atoms with Crippen LogP contribution in [0.2, 0.25) is 0 Å². The molecule has 1 aliphatic rings. The van der Waals surface area contributed by atoms with Gasteiger partial charge in [0.1, 0.15) is 5.75 Å². The first-order valence-corrected chi connectivity index (χ1v) is 5.62. The standard InChI is InChI=1S/C13H17NO/c1-3-9-14(4-2)12-10-15-13-8-6-5-7-11(12)13/h5-8,12H,3-4,9H2,1-2H3. The number of rotatable bonds is 4. The molecular weight excluding hydrogens is 186 g/mol. The lowest BCUT2D eigenvalue weighted by atomic mass is 10.1. The molecule has 1 atom stereocenters. The van der Waals surface area contributed by atoms with Crippen LogP contribution < -0.4 is 4.74 Å². The fourth-order valence-corrected chi connectivity index (χ4v) is 2.01.